The SMILES string of the molecule is CC1(C)C(/C=C/C2=C(Cl)C(=C/C=C3/N(CC(=O)O)c4ccc5ccccc5c4C3(C)C)/CCC2)=[N+](CC(=O)O)c2ccc3ccccc3c21. The van der Waals surface area contributed by atoms with Crippen LogP contribution in [0.25, 0.3) is 21.5 Å². The molecule has 7 heteroatoms. The van der Waals surface area contributed by atoms with E-state index in [1.807, 2.05) is 58.0 Å². The van der Waals surface area contributed by atoms with E-state index in [0.717, 1.165) is 85.9 Å². The summed E-state index contributed by atoms with van der Waals surface area (Å²) in [5, 5.41) is 25.0. The van der Waals surface area contributed by atoms with Gasteiger partial charge in [0.2, 0.25) is 12.2 Å². The van der Waals surface area contributed by atoms with Gasteiger partial charge in [0.1, 0.15) is 6.54 Å². The highest BCUT2D eigenvalue weighted by Gasteiger charge is 2.46. The van der Waals surface area contributed by atoms with Gasteiger partial charge in [-0.25, -0.2) is 4.79 Å². The third-order valence-electron chi connectivity index (χ3n) is 10.4. The van der Waals surface area contributed by atoms with Crippen LogP contribution in [0.4, 0.5) is 11.4 Å². The number of rotatable bonds is 7. The van der Waals surface area contributed by atoms with Crippen LogP contribution >= 0.6 is 11.6 Å². The van der Waals surface area contributed by atoms with Crippen molar-refractivity contribution in [3.8, 4) is 0 Å². The van der Waals surface area contributed by atoms with Crippen LogP contribution in [0.3, 0.4) is 0 Å². The molecule has 0 unspecified atom stereocenters. The zero-order valence-electron chi connectivity index (χ0n) is 28.3. The molecular weight excluding hydrogens is 632 g/mol. The Labute approximate surface area is 291 Å². The molecule has 2 aliphatic heterocycles. The van der Waals surface area contributed by atoms with Crippen LogP contribution in [0.2, 0.25) is 0 Å². The monoisotopic (exact) mass is 671 g/mol. The zero-order chi connectivity index (χ0) is 34.7. The fourth-order valence-corrected chi connectivity index (χ4v) is 8.56. The molecule has 0 spiro atoms. The molecule has 6 nitrogen and oxygen atoms in total. The number of anilines is 1. The molecule has 0 fully saturated rings. The van der Waals surface area contributed by atoms with Crippen LogP contribution in [-0.4, -0.2) is 45.5 Å². The molecular formula is C42H40ClN2O4+. The van der Waals surface area contributed by atoms with Gasteiger partial charge in [-0.3, -0.25) is 4.79 Å². The van der Waals surface area contributed by atoms with Gasteiger partial charge in [-0.1, -0.05) is 92.2 Å². The van der Waals surface area contributed by atoms with E-state index in [4.69, 9.17) is 11.6 Å². The van der Waals surface area contributed by atoms with E-state index in [-0.39, 0.29) is 13.1 Å². The smallest absolute Gasteiger partial charge is 0.370 e. The number of carbonyl (C=O) groups is 2. The number of hydrogen-bond acceptors (Lipinski definition) is 3. The number of halogens is 1. The van der Waals surface area contributed by atoms with Crippen LogP contribution in [0.5, 0.6) is 0 Å². The van der Waals surface area contributed by atoms with Crippen molar-refractivity contribution < 1.29 is 24.4 Å². The van der Waals surface area contributed by atoms with Crippen molar-refractivity contribution in [3.05, 3.63) is 130 Å². The first-order chi connectivity index (χ1) is 23.4. The van der Waals surface area contributed by atoms with Crippen molar-refractivity contribution in [2.75, 3.05) is 18.0 Å². The molecule has 248 valence electrons. The maximum Gasteiger partial charge on any atom is 0.370 e. The second-order valence-electron chi connectivity index (χ2n) is 14.2. The molecule has 2 heterocycles. The van der Waals surface area contributed by atoms with Gasteiger partial charge >= 0.3 is 11.9 Å². The molecule has 1 aliphatic carbocycles. The molecule has 0 saturated heterocycles. The normalized spacial score (nSPS) is 19.9. The predicted octanol–water partition coefficient (Wildman–Crippen LogP) is 9.38. The van der Waals surface area contributed by atoms with Gasteiger partial charge in [-0.05, 0) is 89.6 Å². The molecule has 4 aromatic rings. The van der Waals surface area contributed by atoms with Gasteiger partial charge in [0, 0.05) is 39.5 Å². The average molecular weight is 672 g/mol. The molecule has 0 atom stereocenters. The van der Waals surface area contributed by atoms with E-state index >= 15 is 0 Å². The lowest BCUT2D eigenvalue weighted by atomic mass is 9.78. The second-order valence-corrected chi connectivity index (χ2v) is 14.6. The minimum atomic E-state index is -0.891. The molecule has 0 saturated carbocycles. The van der Waals surface area contributed by atoms with Crippen LogP contribution in [0, 0.1) is 0 Å². The first-order valence-electron chi connectivity index (χ1n) is 16.8. The molecule has 0 amide bonds. The number of fused-ring (bicyclic) bond motifs is 6. The van der Waals surface area contributed by atoms with Gasteiger partial charge in [0.05, 0.1) is 5.41 Å². The van der Waals surface area contributed by atoms with Crippen LogP contribution in [0.15, 0.2) is 119 Å². The Morgan fingerprint density at radius 3 is 2.12 bits per heavy atom. The van der Waals surface area contributed by atoms with Crippen molar-refractivity contribution in [3.63, 3.8) is 0 Å². The Bertz CT molecular complexity index is 2230. The summed E-state index contributed by atoms with van der Waals surface area (Å²) < 4.78 is 1.92. The van der Waals surface area contributed by atoms with E-state index in [1.54, 1.807) is 0 Å². The van der Waals surface area contributed by atoms with Crippen molar-refractivity contribution in [1.29, 1.82) is 0 Å². The van der Waals surface area contributed by atoms with E-state index in [0.29, 0.717) is 5.03 Å². The summed E-state index contributed by atoms with van der Waals surface area (Å²) in [6, 6.07) is 24.7. The van der Waals surface area contributed by atoms with Gasteiger partial charge in [0.25, 0.3) is 0 Å². The fourth-order valence-electron chi connectivity index (χ4n) is 8.25. The molecule has 7 rings (SSSR count). The minimum absolute atomic E-state index is 0.139. The molecule has 0 aromatic heterocycles. The Kier molecular flexibility index (Phi) is 8.11. The zero-order valence-corrected chi connectivity index (χ0v) is 29.0. The Morgan fingerprint density at radius 1 is 0.796 bits per heavy atom. The number of benzene rings is 4. The Hall–Kier alpha value is -4.94. The lowest BCUT2D eigenvalue weighted by Gasteiger charge is -2.26. The number of carboxylic acid groups (broad SMARTS) is 2. The largest absolute Gasteiger partial charge is 0.480 e. The van der Waals surface area contributed by atoms with Crippen molar-refractivity contribution in [2.45, 2.75) is 57.8 Å². The number of allylic oxidation sites excluding steroid dienone is 8. The lowest BCUT2D eigenvalue weighted by Crippen LogP contribution is -2.30. The second kappa shape index (κ2) is 12.2. The summed E-state index contributed by atoms with van der Waals surface area (Å²) in [5.41, 5.74) is 7.04. The third kappa shape index (κ3) is 5.48. The van der Waals surface area contributed by atoms with Crippen LogP contribution < -0.4 is 4.90 Å². The molecule has 3 aliphatic rings. The molecule has 0 bridgehead atoms. The van der Waals surface area contributed by atoms with Crippen molar-refractivity contribution >= 4 is 62.2 Å². The van der Waals surface area contributed by atoms with E-state index in [1.165, 1.54) is 0 Å². The first kappa shape index (κ1) is 32.6. The maximum absolute atomic E-state index is 12.1. The first-order valence-corrected chi connectivity index (χ1v) is 17.2. The summed E-state index contributed by atoms with van der Waals surface area (Å²) in [6.07, 6.45) is 10.7. The van der Waals surface area contributed by atoms with Crippen LogP contribution in [0.1, 0.15) is 58.1 Å². The number of nitrogens with zero attached hydrogens (tertiary/aromatic N) is 2. The number of aliphatic carboxylic acids is 2. The maximum atomic E-state index is 12.1. The summed E-state index contributed by atoms with van der Waals surface area (Å²) in [6.45, 7) is 8.34. The predicted molar refractivity (Wildman–Crippen MR) is 198 cm³/mol. The number of carboxylic acids is 2. The van der Waals surface area contributed by atoms with E-state index < -0.39 is 22.8 Å². The topological polar surface area (TPSA) is 80.9 Å². The minimum Gasteiger partial charge on any atom is -0.480 e. The Morgan fingerprint density at radius 2 is 1.45 bits per heavy atom. The molecule has 2 N–H and O–H groups in total. The summed E-state index contributed by atoms with van der Waals surface area (Å²) in [7, 11) is 0. The Balaban J connectivity index is 1.28. The lowest BCUT2D eigenvalue weighted by molar-refractivity contribution is -0.427. The summed E-state index contributed by atoms with van der Waals surface area (Å²) in [5.74, 6) is -1.78. The van der Waals surface area contributed by atoms with Gasteiger partial charge < -0.3 is 15.1 Å². The fraction of sp³-hybridized carbons (Fsp3) is 0.262. The standard InChI is InChI=1S/C42H39ClN2O4/c1-41(2)34(44(24-36(46)47)32-20-16-26-10-5-7-14-30(26)38(32)41)22-18-28-12-9-13-29(40(28)43)19-23-35-42(3,4)39-31-15-8-6-11-27(31)17-21-33(39)45(35)25-37(48)49/h5-8,10-11,14-23H,9,12-13,24-25H2,1-4H3,(H-,46,47,48,49)/p+1. The van der Waals surface area contributed by atoms with Gasteiger partial charge in [-0.15, -0.1) is 0 Å². The van der Waals surface area contributed by atoms with Crippen molar-refractivity contribution in [2.24, 2.45) is 0 Å². The summed E-state index contributed by atoms with van der Waals surface area (Å²) >= 11 is 7.14. The van der Waals surface area contributed by atoms with E-state index in [9.17, 15) is 19.8 Å². The number of hydrogen-bond donors (Lipinski definition) is 2. The summed E-state index contributed by atoms with van der Waals surface area (Å²) in [4.78, 5) is 26.1. The highest BCUT2D eigenvalue weighted by molar-refractivity contribution is 6.32. The highest BCUT2D eigenvalue weighted by Crippen LogP contribution is 2.51. The molecule has 49 heavy (non-hydrogen) atoms. The third-order valence-corrected chi connectivity index (χ3v) is 10.9. The van der Waals surface area contributed by atoms with Crippen molar-refractivity contribution in [1.82, 2.24) is 0 Å². The van der Waals surface area contributed by atoms with Gasteiger partial charge in [0.15, 0.2) is 5.71 Å². The van der Waals surface area contributed by atoms with E-state index in [2.05, 4.69) is 76.2 Å². The quantitative estimate of drug-likeness (QED) is 0.191. The van der Waals surface area contributed by atoms with Gasteiger partial charge in [-0.2, -0.15) is 4.58 Å². The molecule has 0 radical (unpaired) electrons. The average Bonchev–Trinajstić information content (AvgIpc) is 3.41. The highest BCUT2D eigenvalue weighted by atomic mass is 35.5. The van der Waals surface area contributed by atoms with Crippen LogP contribution in [-0.2, 0) is 20.4 Å². The molecule has 4 aromatic carbocycles.